The molecule has 0 saturated heterocycles. The van der Waals surface area contributed by atoms with E-state index in [0.29, 0.717) is 11.1 Å². The van der Waals surface area contributed by atoms with E-state index in [9.17, 15) is 4.39 Å². The maximum absolute atomic E-state index is 13.5. The van der Waals surface area contributed by atoms with E-state index in [1.165, 1.54) is 6.07 Å². The number of hydrogen-bond donors (Lipinski definition) is 2. The molecule has 0 aliphatic heterocycles. The highest BCUT2D eigenvalue weighted by Gasteiger charge is 2.09. The Morgan fingerprint density at radius 2 is 2.07 bits per heavy atom. The third kappa shape index (κ3) is 1.21. The molecule has 1 heterocycles. The van der Waals surface area contributed by atoms with Crippen molar-refractivity contribution >= 4 is 10.9 Å². The molecule has 0 aliphatic rings. The second-order valence-corrected chi connectivity index (χ2v) is 3.53. The van der Waals surface area contributed by atoms with E-state index in [1.807, 2.05) is 19.9 Å². The Balaban J connectivity index is 2.83. The number of aromatic nitrogens is 1. The van der Waals surface area contributed by atoms with Crippen LogP contribution in [0.1, 0.15) is 16.8 Å². The predicted octanol–water partition coefficient (Wildman–Crippen LogP) is 2.42. The van der Waals surface area contributed by atoms with Crippen molar-refractivity contribution < 1.29 is 9.50 Å². The summed E-state index contributed by atoms with van der Waals surface area (Å²) in [5.74, 6) is -0.303. The van der Waals surface area contributed by atoms with Gasteiger partial charge < -0.3 is 10.1 Å². The van der Waals surface area contributed by atoms with Crippen molar-refractivity contribution in [1.29, 1.82) is 0 Å². The highest BCUT2D eigenvalue weighted by atomic mass is 19.1. The molecule has 0 spiro atoms. The number of halogens is 1. The summed E-state index contributed by atoms with van der Waals surface area (Å²) in [5.41, 5.74) is 3.14. The van der Waals surface area contributed by atoms with Crippen LogP contribution >= 0.6 is 0 Å². The molecule has 2 rings (SSSR count). The number of aryl methyl sites for hydroxylation is 2. The zero-order valence-corrected chi connectivity index (χ0v) is 8.19. The van der Waals surface area contributed by atoms with Gasteiger partial charge in [-0.25, -0.2) is 4.39 Å². The van der Waals surface area contributed by atoms with E-state index in [0.717, 1.165) is 16.6 Å². The number of aliphatic hydroxyl groups excluding tert-OH is 1. The molecule has 0 aliphatic carbocycles. The fourth-order valence-electron chi connectivity index (χ4n) is 1.66. The number of H-pyrrole nitrogens is 1. The Morgan fingerprint density at radius 3 is 2.71 bits per heavy atom. The van der Waals surface area contributed by atoms with Crippen LogP contribution in [0.5, 0.6) is 0 Å². The van der Waals surface area contributed by atoms with Crippen molar-refractivity contribution in [2.75, 3.05) is 0 Å². The van der Waals surface area contributed by atoms with Gasteiger partial charge in [0.25, 0.3) is 0 Å². The average molecular weight is 193 g/mol. The number of hydrogen-bond acceptors (Lipinski definition) is 1. The first kappa shape index (κ1) is 9.21. The lowest BCUT2D eigenvalue weighted by molar-refractivity contribution is 0.281. The number of aliphatic hydroxyl groups is 1. The molecule has 0 saturated carbocycles. The van der Waals surface area contributed by atoms with E-state index in [-0.39, 0.29) is 12.4 Å². The van der Waals surface area contributed by atoms with Crippen LogP contribution in [-0.4, -0.2) is 10.1 Å². The maximum Gasteiger partial charge on any atom is 0.147 e. The largest absolute Gasteiger partial charge is 0.392 e. The van der Waals surface area contributed by atoms with Crippen LogP contribution in [0.25, 0.3) is 10.9 Å². The van der Waals surface area contributed by atoms with Gasteiger partial charge in [-0.1, -0.05) is 0 Å². The van der Waals surface area contributed by atoms with Crippen LogP contribution in [0.4, 0.5) is 4.39 Å². The molecule has 3 heteroatoms. The van der Waals surface area contributed by atoms with Gasteiger partial charge in [0.15, 0.2) is 0 Å². The zero-order valence-electron chi connectivity index (χ0n) is 8.19. The van der Waals surface area contributed by atoms with Gasteiger partial charge in [-0.15, -0.1) is 0 Å². The highest BCUT2D eigenvalue weighted by molar-refractivity contribution is 5.85. The smallest absolute Gasteiger partial charge is 0.147 e. The summed E-state index contributed by atoms with van der Waals surface area (Å²) in [5, 5.41) is 9.80. The van der Waals surface area contributed by atoms with E-state index in [2.05, 4.69) is 4.98 Å². The summed E-state index contributed by atoms with van der Waals surface area (Å²) in [6.07, 6.45) is 0. The van der Waals surface area contributed by atoms with Crippen LogP contribution in [-0.2, 0) is 6.61 Å². The monoisotopic (exact) mass is 193 g/mol. The normalized spacial score (nSPS) is 11.1. The predicted molar refractivity (Wildman–Crippen MR) is 53.7 cm³/mol. The van der Waals surface area contributed by atoms with E-state index >= 15 is 0 Å². The van der Waals surface area contributed by atoms with E-state index < -0.39 is 0 Å². The van der Waals surface area contributed by atoms with Crippen molar-refractivity contribution in [2.24, 2.45) is 0 Å². The maximum atomic E-state index is 13.5. The molecule has 0 unspecified atom stereocenters. The van der Waals surface area contributed by atoms with Crippen LogP contribution in [0.2, 0.25) is 0 Å². The molecule has 1 aromatic carbocycles. The highest BCUT2D eigenvalue weighted by Crippen LogP contribution is 2.25. The standard InChI is InChI=1S/C11H12FNO/c1-6-7(2)13-11-9(6)3-8(5-14)4-10(11)12/h3-4,13-14H,5H2,1-2H3. The first-order chi connectivity index (χ1) is 6.63. The van der Waals surface area contributed by atoms with Crippen molar-refractivity contribution in [1.82, 2.24) is 4.98 Å². The Morgan fingerprint density at radius 1 is 1.36 bits per heavy atom. The van der Waals surface area contributed by atoms with Crippen LogP contribution in [0, 0.1) is 19.7 Å². The van der Waals surface area contributed by atoms with Gasteiger partial charge in [-0.2, -0.15) is 0 Å². The average Bonchev–Trinajstić information content (AvgIpc) is 2.45. The second kappa shape index (κ2) is 3.10. The van der Waals surface area contributed by atoms with Crippen molar-refractivity contribution in [3.05, 3.63) is 34.8 Å². The molecule has 0 radical (unpaired) electrons. The minimum Gasteiger partial charge on any atom is -0.392 e. The van der Waals surface area contributed by atoms with Gasteiger partial charge in [0.2, 0.25) is 0 Å². The van der Waals surface area contributed by atoms with Crippen LogP contribution in [0.15, 0.2) is 12.1 Å². The Labute approximate surface area is 81.4 Å². The summed E-state index contributed by atoms with van der Waals surface area (Å²) in [6, 6.07) is 3.18. The summed E-state index contributed by atoms with van der Waals surface area (Å²) in [4.78, 5) is 2.99. The molecule has 2 nitrogen and oxygen atoms in total. The van der Waals surface area contributed by atoms with Crippen LogP contribution in [0.3, 0.4) is 0 Å². The molecule has 2 aromatic rings. The summed E-state index contributed by atoms with van der Waals surface area (Å²) in [6.45, 7) is 3.72. The fourth-order valence-corrected chi connectivity index (χ4v) is 1.66. The number of benzene rings is 1. The van der Waals surface area contributed by atoms with Crippen molar-refractivity contribution in [2.45, 2.75) is 20.5 Å². The molecule has 1 aromatic heterocycles. The molecule has 0 amide bonds. The van der Waals surface area contributed by atoms with Gasteiger partial charge in [0.1, 0.15) is 5.82 Å². The lowest BCUT2D eigenvalue weighted by atomic mass is 10.1. The van der Waals surface area contributed by atoms with Gasteiger partial charge in [-0.05, 0) is 37.1 Å². The van der Waals surface area contributed by atoms with E-state index in [1.54, 1.807) is 0 Å². The summed E-state index contributed by atoms with van der Waals surface area (Å²) in [7, 11) is 0. The molecule has 0 bridgehead atoms. The van der Waals surface area contributed by atoms with Crippen molar-refractivity contribution in [3.8, 4) is 0 Å². The van der Waals surface area contributed by atoms with Gasteiger partial charge in [-0.3, -0.25) is 0 Å². The van der Waals surface area contributed by atoms with Crippen LogP contribution < -0.4 is 0 Å². The summed E-state index contributed by atoms with van der Waals surface area (Å²) < 4.78 is 13.5. The number of nitrogens with one attached hydrogen (secondary N) is 1. The molecule has 14 heavy (non-hydrogen) atoms. The minimum atomic E-state index is -0.303. The van der Waals surface area contributed by atoms with E-state index in [4.69, 9.17) is 5.11 Å². The molecular formula is C11H12FNO. The summed E-state index contributed by atoms with van der Waals surface area (Å²) >= 11 is 0. The topological polar surface area (TPSA) is 36.0 Å². The second-order valence-electron chi connectivity index (χ2n) is 3.53. The third-order valence-electron chi connectivity index (χ3n) is 2.61. The van der Waals surface area contributed by atoms with Gasteiger partial charge >= 0.3 is 0 Å². The molecule has 74 valence electrons. The fraction of sp³-hybridized carbons (Fsp3) is 0.273. The number of rotatable bonds is 1. The third-order valence-corrected chi connectivity index (χ3v) is 2.61. The quantitative estimate of drug-likeness (QED) is 0.716. The Kier molecular flexibility index (Phi) is 2.04. The number of aromatic amines is 1. The first-order valence-electron chi connectivity index (χ1n) is 4.51. The lowest BCUT2D eigenvalue weighted by Crippen LogP contribution is -1.86. The molecule has 2 N–H and O–H groups in total. The Bertz CT molecular complexity index is 487. The number of fused-ring (bicyclic) bond motifs is 1. The molecular weight excluding hydrogens is 181 g/mol. The van der Waals surface area contributed by atoms with Crippen molar-refractivity contribution in [3.63, 3.8) is 0 Å². The van der Waals surface area contributed by atoms with Gasteiger partial charge in [0.05, 0.1) is 12.1 Å². The SMILES string of the molecule is Cc1[nH]c2c(F)cc(CO)cc2c1C. The first-order valence-corrected chi connectivity index (χ1v) is 4.51. The van der Waals surface area contributed by atoms with Gasteiger partial charge in [0, 0.05) is 11.1 Å². The lowest BCUT2D eigenvalue weighted by Gasteiger charge is -1.98. The zero-order chi connectivity index (χ0) is 10.3. The molecule has 0 atom stereocenters. The minimum absolute atomic E-state index is 0.128. The molecule has 0 fully saturated rings. The Hall–Kier alpha value is -1.35.